The van der Waals surface area contributed by atoms with Crippen LogP contribution < -0.4 is 11.1 Å². The fraction of sp³-hybridized carbons (Fsp3) is 0.281. The van der Waals surface area contributed by atoms with E-state index < -0.39 is 18.8 Å². The van der Waals surface area contributed by atoms with Gasteiger partial charge in [0.1, 0.15) is 23.2 Å². The number of anilines is 1. The SMILES string of the molecule is C=CC(=O)N1CCC(N[C@@H]2c3ccc(-n4c(-c5cccnc5N)nc5ccc(-c6ccn(C(F)F)n6)nc54)cc3CC2F)CC1. The third-order valence-electron chi connectivity index (χ3n) is 8.55. The van der Waals surface area contributed by atoms with Crippen LogP contribution in [0.15, 0.2) is 73.6 Å². The number of benzene rings is 1. The normalized spacial score (nSPS) is 18.5. The Morgan fingerprint density at radius 3 is 2.64 bits per heavy atom. The number of aromatic nitrogens is 6. The van der Waals surface area contributed by atoms with Crippen molar-refractivity contribution >= 4 is 22.9 Å². The maximum atomic E-state index is 15.6. The number of nitrogens with two attached hydrogens (primary N) is 1. The molecule has 2 aliphatic rings. The number of hydrogen-bond acceptors (Lipinski definition) is 7. The second-order valence-corrected chi connectivity index (χ2v) is 11.3. The smallest absolute Gasteiger partial charge is 0.333 e. The largest absolute Gasteiger partial charge is 0.383 e. The average Bonchev–Trinajstić information content (AvgIpc) is 3.77. The Bertz CT molecular complexity index is 1910. The van der Waals surface area contributed by atoms with Crippen LogP contribution in [-0.2, 0) is 11.2 Å². The molecule has 1 aliphatic carbocycles. The zero-order valence-electron chi connectivity index (χ0n) is 24.2. The zero-order chi connectivity index (χ0) is 31.2. The molecule has 1 amide bonds. The molecule has 3 N–H and O–H groups in total. The lowest BCUT2D eigenvalue weighted by molar-refractivity contribution is -0.127. The molecule has 45 heavy (non-hydrogen) atoms. The van der Waals surface area contributed by atoms with Crippen molar-refractivity contribution < 1.29 is 18.0 Å². The van der Waals surface area contributed by atoms with Gasteiger partial charge < -0.3 is 16.0 Å². The van der Waals surface area contributed by atoms with Crippen molar-refractivity contribution in [3.63, 3.8) is 0 Å². The number of imidazole rings is 1. The number of piperidine rings is 1. The minimum absolute atomic E-state index is 0.0839. The summed E-state index contributed by atoms with van der Waals surface area (Å²) in [6.45, 7) is 1.99. The molecule has 2 atom stereocenters. The molecule has 7 rings (SSSR count). The van der Waals surface area contributed by atoms with Gasteiger partial charge in [-0.3, -0.25) is 9.36 Å². The summed E-state index contributed by atoms with van der Waals surface area (Å²) in [6, 6.07) is 13.9. The van der Waals surface area contributed by atoms with Gasteiger partial charge in [0, 0.05) is 43.6 Å². The van der Waals surface area contributed by atoms with Crippen LogP contribution in [-0.4, -0.2) is 65.4 Å². The molecule has 0 radical (unpaired) electrons. The number of amides is 1. The summed E-state index contributed by atoms with van der Waals surface area (Å²) in [7, 11) is 0. The van der Waals surface area contributed by atoms with Crippen molar-refractivity contribution in [2.24, 2.45) is 0 Å². The van der Waals surface area contributed by atoms with Crippen LogP contribution >= 0.6 is 0 Å². The molecule has 0 saturated carbocycles. The van der Waals surface area contributed by atoms with E-state index in [0.29, 0.717) is 51.7 Å². The molecule has 1 aliphatic heterocycles. The molecule has 13 heteroatoms. The number of nitrogens with zero attached hydrogens (tertiary/aromatic N) is 7. The van der Waals surface area contributed by atoms with Gasteiger partial charge in [0.15, 0.2) is 11.5 Å². The molecule has 5 heterocycles. The van der Waals surface area contributed by atoms with E-state index in [4.69, 9.17) is 15.7 Å². The number of halogens is 3. The average molecular weight is 614 g/mol. The molecule has 4 aromatic heterocycles. The van der Waals surface area contributed by atoms with Gasteiger partial charge in [-0.2, -0.15) is 13.9 Å². The fourth-order valence-corrected chi connectivity index (χ4v) is 6.29. The molecule has 5 aromatic rings. The number of pyridine rings is 2. The summed E-state index contributed by atoms with van der Waals surface area (Å²) < 4.78 is 44.4. The van der Waals surface area contributed by atoms with Crippen LogP contribution in [0.2, 0.25) is 0 Å². The molecule has 1 aromatic carbocycles. The second-order valence-electron chi connectivity index (χ2n) is 11.3. The number of alkyl halides is 3. The third-order valence-corrected chi connectivity index (χ3v) is 8.55. The first-order valence-electron chi connectivity index (χ1n) is 14.7. The molecule has 10 nitrogen and oxygen atoms in total. The van der Waals surface area contributed by atoms with Crippen molar-refractivity contribution in [1.82, 2.24) is 39.5 Å². The summed E-state index contributed by atoms with van der Waals surface area (Å²) in [5, 5.41) is 7.48. The number of hydrogen-bond donors (Lipinski definition) is 2. The minimum atomic E-state index is -2.77. The van der Waals surface area contributed by atoms with Crippen LogP contribution in [0, 0.1) is 0 Å². The molecule has 1 unspecified atom stereocenters. The standard InChI is InChI=1S/C32H30F3N9O/c1-2-27(45)42-13-9-19(10-14-42)38-28-21-6-5-20(16-18(21)17-23(28)33)44-30(22-4-3-12-37-29(22)36)40-26-8-7-24(39-31(26)44)25-11-15-43(41-25)32(34)35/h2-8,11-12,15-16,19,23,28,32,38H,1,9-10,13-14,17H2,(H2,36,37)/t23?,28-/m1/s1. The lowest BCUT2D eigenvalue weighted by Crippen LogP contribution is -2.46. The van der Waals surface area contributed by atoms with Crippen LogP contribution in [0.4, 0.5) is 19.0 Å². The monoisotopic (exact) mass is 613 g/mol. The highest BCUT2D eigenvalue weighted by Gasteiger charge is 2.35. The first-order chi connectivity index (χ1) is 21.8. The van der Waals surface area contributed by atoms with Gasteiger partial charge in [0.25, 0.3) is 0 Å². The van der Waals surface area contributed by atoms with Crippen molar-refractivity contribution in [1.29, 1.82) is 0 Å². The van der Waals surface area contributed by atoms with Gasteiger partial charge in [0.2, 0.25) is 5.91 Å². The molecular formula is C32H30F3N9O. The molecular weight excluding hydrogens is 583 g/mol. The fourth-order valence-electron chi connectivity index (χ4n) is 6.29. The van der Waals surface area contributed by atoms with Crippen molar-refractivity contribution in [3.05, 3.63) is 84.7 Å². The highest BCUT2D eigenvalue weighted by atomic mass is 19.3. The van der Waals surface area contributed by atoms with Crippen molar-refractivity contribution in [2.75, 3.05) is 18.8 Å². The quantitative estimate of drug-likeness (QED) is 0.247. The Balaban J connectivity index is 1.26. The van der Waals surface area contributed by atoms with Crippen LogP contribution in [0.1, 0.15) is 36.6 Å². The van der Waals surface area contributed by atoms with Crippen LogP contribution in [0.5, 0.6) is 0 Å². The Hall–Kier alpha value is -5.04. The predicted octanol–water partition coefficient (Wildman–Crippen LogP) is 5.03. The Morgan fingerprint density at radius 2 is 1.91 bits per heavy atom. The molecule has 0 spiro atoms. The maximum Gasteiger partial charge on any atom is 0.333 e. The Morgan fingerprint density at radius 1 is 1.09 bits per heavy atom. The molecule has 1 fully saturated rings. The Kier molecular flexibility index (Phi) is 7.32. The third kappa shape index (κ3) is 5.22. The summed E-state index contributed by atoms with van der Waals surface area (Å²) in [5.41, 5.74) is 11.0. The number of nitrogens with one attached hydrogen (secondary N) is 1. The number of fused-ring (bicyclic) bond motifs is 2. The number of rotatable bonds is 7. The molecule has 0 bridgehead atoms. The van der Waals surface area contributed by atoms with E-state index in [1.165, 1.54) is 18.3 Å². The number of nitrogen functional groups attached to an aromatic ring is 1. The van der Waals surface area contributed by atoms with Gasteiger partial charge >= 0.3 is 6.55 Å². The van der Waals surface area contributed by atoms with Gasteiger partial charge in [-0.1, -0.05) is 12.6 Å². The molecule has 230 valence electrons. The summed E-state index contributed by atoms with van der Waals surface area (Å²) >= 11 is 0. The number of likely N-dealkylation sites (tertiary alicyclic amines) is 1. The lowest BCUT2D eigenvalue weighted by Gasteiger charge is -2.34. The van der Waals surface area contributed by atoms with E-state index >= 15 is 4.39 Å². The predicted molar refractivity (Wildman–Crippen MR) is 163 cm³/mol. The van der Waals surface area contributed by atoms with Gasteiger partial charge in [0.05, 0.1) is 17.3 Å². The Labute approximate surface area is 256 Å². The van der Waals surface area contributed by atoms with E-state index in [1.54, 1.807) is 29.3 Å². The summed E-state index contributed by atoms with van der Waals surface area (Å²) in [5.74, 6) is 0.683. The van der Waals surface area contributed by atoms with E-state index in [2.05, 4.69) is 22.0 Å². The number of carbonyl (C=O) groups is 1. The summed E-state index contributed by atoms with van der Waals surface area (Å²) in [4.78, 5) is 27.6. The first-order valence-corrected chi connectivity index (χ1v) is 14.7. The highest BCUT2D eigenvalue weighted by Crippen LogP contribution is 2.38. The van der Waals surface area contributed by atoms with E-state index in [9.17, 15) is 13.6 Å². The number of carbonyl (C=O) groups excluding carboxylic acids is 1. The van der Waals surface area contributed by atoms with Crippen molar-refractivity contribution in [2.45, 2.75) is 44.1 Å². The van der Waals surface area contributed by atoms with E-state index in [0.717, 1.165) is 24.0 Å². The van der Waals surface area contributed by atoms with Crippen LogP contribution in [0.25, 0.3) is 39.6 Å². The van der Waals surface area contributed by atoms with E-state index in [-0.39, 0.29) is 29.9 Å². The van der Waals surface area contributed by atoms with Crippen LogP contribution in [0.3, 0.4) is 0 Å². The van der Waals surface area contributed by atoms with E-state index in [1.807, 2.05) is 28.8 Å². The maximum absolute atomic E-state index is 15.6. The minimum Gasteiger partial charge on any atom is -0.383 e. The topological polar surface area (TPSA) is 120 Å². The zero-order valence-corrected chi connectivity index (χ0v) is 24.2. The lowest BCUT2D eigenvalue weighted by atomic mass is 10.0. The van der Waals surface area contributed by atoms with Gasteiger partial charge in [-0.25, -0.2) is 24.0 Å². The second kappa shape index (κ2) is 11.5. The summed E-state index contributed by atoms with van der Waals surface area (Å²) in [6.07, 6.45) is 4.69. The first kappa shape index (κ1) is 28.7. The highest BCUT2D eigenvalue weighted by molar-refractivity contribution is 5.87. The van der Waals surface area contributed by atoms with Gasteiger partial charge in [-0.15, -0.1) is 0 Å². The van der Waals surface area contributed by atoms with Crippen molar-refractivity contribution in [3.8, 4) is 28.5 Å². The van der Waals surface area contributed by atoms with Gasteiger partial charge in [-0.05, 0) is 72.5 Å². The molecule has 1 saturated heterocycles.